The van der Waals surface area contributed by atoms with E-state index in [1.54, 1.807) is 13.8 Å². The van der Waals surface area contributed by atoms with E-state index >= 15 is 0 Å². The molecular formula is C19H14N4O8. The zero-order chi connectivity index (χ0) is 21.9. The molecule has 31 heavy (non-hydrogen) atoms. The predicted molar refractivity (Wildman–Crippen MR) is 103 cm³/mol. The van der Waals surface area contributed by atoms with Gasteiger partial charge >= 0.3 is 0 Å². The molecule has 5 rings (SSSR count). The average Bonchev–Trinajstić information content (AvgIpc) is 3.40. The van der Waals surface area contributed by atoms with Gasteiger partial charge in [0.05, 0.1) is 9.85 Å². The number of benzene rings is 2. The largest absolute Gasteiger partial charge is 0.438 e. The Hall–Kier alpha value is -3.90. The number of hydrogen-bond acceptors (Lipinski definition) is 10. The highest BCUT2D eigenvalue weighted by Gasteiger charge is 2.48. The number of nitrogens with zero attached hydrogens (tertiary/aromatic N) is 4. The number of nitro benzene ring substituents is 2. The standard InChI is InChI=1S/C19H14N4O8/c1-19(2)30-15(17-20-11-7-9(22(24)25)3-5-13(11)28-17)16(31-19)18-21-12-8-10(23(26)27)4-6-14(12)29-18/h3-8,15-16H,1-2H3/t15-,16-/m1/s1. The quantitative estimate of drug-likeness (QED) is 0.339. The number of hydrogen-bond donors (Lipinski definition) is 0. The summed E-state index contributed by atoms with van der Waals surface area (Å²) in [6.45, 7) is 3.39. The fourth-order valence-corrected chi connectivity index (χ4v) is 3.46. The van der Waals surface area contributed by atoms with E-state index in [2.05, 4.69) is 9.97 Å². The topological polar surface area (TPSA) is 157 Å². The molecule has 2 aromatic heterocycles. The van der Waals surface area contributed by atoms with Crippen LogP contribution in [-0.2, 0) is 9.47 Å². The van der Waals surface area contributed by atoms with Crippen LogP contribution in [0.4, 0.5) is 11.4 Å². The van der Waals surface area contributed by atoms with Crippen LogP contribution in [0.3, 0.4) is 0 Å². The molecular weight excluding hydrogens is 412 g/mol. The number of fused-ring (bicyclic) bond motifs is 2. The highest BCUT2D eigenvalue weighted by Crippen LogP contribution is 2.47. The van der Waals surface area contributed by atoms with Gasteiger partial charge in [-0.2, -0.15) is 0 Å². The van der Waals surface area contributed by atoms with Gasteiger partial charge in [-0.1, -0.05) is 0 Å². The molecule has 0 unspecified atom stereocenters. The lowest BCUT2D eigenvalue weighted by atomic mass is 10.2. The third kappa shape index (κ3) is 3.27. The Morgan fingerprint density at radius 1 is 0.806 bits per heavy atom. The highest BCUT2D eigenvalue weighted by atomic mass is 16.8. The summed E-state index contributed by atoms with van der Waals surface area (Å²) in [6, 6.07) is 8.15. The third-order valence-electron chi connectivity index (χ3n) is 4.78. The van der Waals surface area contributed by atoms with Crippen LogP contribution < -0.4 is 0 Å². The van der Waals surface area contributed by atoms with Crippen LogP contribution in [0.25, 0.3) is 22.2 Å². The molecule has 0 amide bonds. The van der Waals surface area contributed by atoms with E-state index in [0.717, 1.165) is 0 Å². The molecule has 2 atom stereocenters. The summed E-state index contributed by atoms with van der Waals surface area (Å²) in [5, 5.41) is 22.0. The summed E-state index contributed by atoms with van der Waals surface area (Å²) < 4.78 is 23.4. The van der Waals surface area contributed by atoms with Gasteiger partial charge in [-0.05, 0) is 26.0 Å². The first-order valence-corrected chi connectivity index (χ1v) is 9.15. The SMILES string of the molecule is CC1(C)O[C@@H](c2nc3cc([N+](=O)[O-])ccc3o2)[C@H](c2nc3cc([N+](=O)[O-])ccc3o2)O1. The lowest BCUT2D eigenvalue weighted by Gasteiger charge is -2.15. The van der Waals surface area contributed by atoms with Gasteiger partial charge in [0.2, 0.25) is 11.8 Å². The number of ether oxygens (including phenoxy) is 2. The van der Waals surface area contributed by atoms with Crippen LogP contribution in [0, 0.1) is 20.2 Å². The van der Waals surface area contributed by atoms with Crippen LogP contribution in [0.5, 0.6) is 0 Å². The zero-order valence-electron chi connectivity index (χ0n) is 16.2. The van der Waals surface area contributed by atoms with Gasteiger partial charge in [0.15, 0.2) is 29.2 Å². The molecule has 0 saturated carbocycles. The predicted octanol–water partition coefficient (Wildman–Crippen LogP) is 4.35. The normalized spacial score (nSPS) is 20.5. The van der Waals surface area contributed by atoms with E-state index in [-0.39, 0.29) is 23.2 Å². The van der Waals surface area contributed by atoms with E-state index in [0.29, 0.717) is 22.2 Å². The fraction of sp³-hybridized carbons (Fsp3) is 0.263. The minimum Gasteiger partial charge on any atom is -0.438 e. The van der Waals surface area contributed by atoms with Gasteiger partial charge < -0.3 is 18.3 Å². The second-order valence-electron chi connectivity index (χ2n) is 7.40. The molecule has 1 fully saturated rings. The Balaban J connectivity index is 1.56. The van der Waals surface area contributed by atoms with Gasteiger partial charge in [0.25, 0.3) is 11.4 Å². The van der Waals surface area contributed by atoms with Gasteiger partial charge in [-0.15, -0.1) is 0 Å². The summed E-state index contributed by atoms with van der Waals surface area (Å²) in [5.74, 6) is -0.757. The Bertz CT molecular complexity index is 1260. The summed E-state index contributed by atoms with van der Waals surface area (Å²) >= 11 is 0. The number of rotatable bonds is 4. The summed E-state index contributed by atoms with van der Waals surface area (Å²) in [7, 11) is 0. The Kier molecular flexibility index (Phi) is 4.03. The van der Waals surface area contributed by atoms with Gasteiger partial charge in [0, 0.05) is 24.3 Å². The van der Waals surface area contributed by atoms with Crippen molar-refractivity contribution in [3.8, 4) is 0 Å². The molecule has 158 valence electrons. The smallest absolute Gasteiger partial charge is 0.271 e. The van der Waals surface area contributed by atoms with E-state index in [1.165, 1.54) is 36.4 Å². The third-order valence-corrected chi connectivity index (χ3v) is 4.78. The van der Waals surface area contributed by atoms with Crippen molar-refractivity contribution in [3.63, 3.8) is 0 Å². The number of non-ortho nitro benzene ring substituents is 2. The van der Waals surface area contributed by atoms with E-state index in [1.807, 2.05) is 0 Å². The van der Waals surface area contributed by atoms with Crippen LogP contribution in [0.2, 0.25) is 0 Å². The molecule has 0 spiro atoms. The van der Waals surface area contributed by atoms with E-state index in [4.69, 9.17) is 18.3 Å². The average molecular weight is 426 g/mol. The molecule has 1 aliphatic rings. The van der Waals surface area contributed by atoms with Gasteiger partial charge in [-0.25, -0.2) is 9.97 Å². The van der Waals surface area contributed by atoms with E-state index in [9.17, 15) is 20.2 Å². The maximum atomic E-state index is 11.0. The van der Waals surface area contributed by atoms with Crippen molar-refractivity contribution in [2.24, 2.45) is 0 Å². The lowest BCUT2D eigenvalue weighted by Crippen LogP contribution is -2.20. The first-order chi connectivity index (χ1) is 14.7. The van der Waals surface area contributed by atoms with Crippen LogP contribution in [-0.4, -0.2) is 25.6 Å². The van der Waals surface area contributed by atoms with Crippen LogP contribution in [0.1, 0.15) is 37.8 Å². The fourth-order valence-electron chi connectivity index (χ4n) is 3.46. The van der Waals surface area contributed by atoms with E-state index < -0.39 is 27.8 Å². The molecule has 2 aromatic carbocycles. The summed E-state index contributed by atoms with van der Waals surface area (Å²) in [4.78, 5) is 29.7. The number of nitro groups is 2. The van der Waals surface area contributed by atoms with Crippen molar-refractivity contribution in [3.05, 3.63) is 68.4 Å². The summed E-state index contributed by atoms with van der Waals surface area (Å²) in [5.41, 5.74) is 1.05. The zero-order valence-corrected chi connectivity index (χ0v) is 16.2. The molecule has 1 saturated heterocycles. The van der Waals surface area contributed by atoms with Crippen molar-refractivity contribution in [2.75, 3.05) is 0 Å². The number of aromatic nitrogens is 2. The lowest BCUT2D eigenvalue weighted by molar-refractivity contribution is -0.384. The van der Waals surface area contributed by atoms with Crippen molar-refractivity contribution < 1.29 is 28.2 Å². The second-order valence-corrected chi connectivity index (χ2v) is 7.40. The monoisotopic (exact) mass is 426 g/mol. The molecule has 3 heterocycles. The highest BCUT2D eigenvalue weighted by molar-refractivity contribution is 5.76. The second kappa shape index (κ2) is 6.55. The van der Waals surface area contributed by atoms with Crippen molar-refractivity contribution in [2.45, 2.75) is 31.8 Å². The molecule has 0 radical (unpaired) electrons. The maximum Gasteiger partial charge on any atom is 0.271 e. The molecule has 1 aliphatic heterocycles. The molecule has 4 aromatic rings. The summed E-state index contributed by atoms with van der Waals surface area (Å²) in [6.07, 6.45) is -1.71. The molecule has 0 bridgehead atoms. The van der Waals surface area contributed by atoms with Crippen LogP contribution in [0.15, 0.2) is 45.2 Å². The van der Waals surface area contributed by atoms with Gasteiger partial charge in [0.1, 0.15) is 11.0 Å². The Morgan fingerprint density at radius 3 is 1.61 bits per heavy atom. The molecule has 0 N–H and O–H groups in total. The molecule has 12 heteroatoms. The maximum absolute atomic E-state index is 11.0. The van der Waals surface area contributed by atoms with Gasteiger partial charge in [-0.3, -0.25) is 20.2 Å². The molecule has 12 nitrogen and oxygen atoms in total. The first-order valence-electron chi connectivity index (χ1n) is 9.15. The minimum atomic E-state index is -1.03. The Labute approximate surface area is 172 Å². The van der Waals surface area contributed by atoms with Crippen molar-refractivity contribution in [1.29, 1.82) is 0 Å². The van der Waals surface area contributed by atoms with Crippen molar-refractivity contribution in [1.82, 2.24) is 9.97 Å². The van der Waals surface area contributed by atoms with Crippen LogP contribution >= 0.6 is 0 Å². The Morgan fingerprint density at radius 2 is 1.23 bits per heavy atom. The van der Waals surface area contributed by atoms with Crippen molar-refractivity contribution >= 4 is 33.6 Å². The minimum absolute atomic E-state index is 0.117. The molecule has 0 aliphatic carbocycles. The number of oxazole rings is 2. The first kappa shape index (κ1) is 19.1.